The first-order valence-corrected chi connectivity index (χ1v) is 12.2. The van der Waals surface area contributed by atoms with Crippen molar-refractivity contribution in [2.45, 2.75) is 44.6 Å². The van der Waals surface area contributed by atoms with Crippen LogP contribution in [0.5, 0.6) is 0 Å². The van der Waals surface area contributed by atoms with E-state index in [1.54, 1.807) is 14.1 Å². The molecule has 2 aromatic heterocycles. The van der Waals surface area contributed by atoms with E-state index in [1.807, 2.05) is 11.0 Å². The molecule has 0 aromatic carbocycles. The van der Waals surface area contributed by atoms with Gasteiger partial charge in [0, 0.05) is 32.9 Å². The Morgan fingerprint density at radius 3 is 2.69 bits per heavy atom. The van der Waals surface area contributed by atoms with Gasteiger partial charge in [0.1, 0.15) is 17.9 Å². The van der Waals surface area contributed by atoms with Crippen LogP contribution in [0.1, 0.15) is 42.5 Å². The highest BCUT2D eigenvalue weighted by molar-refractivity contribution is 5.78. The minimum Gasteiger partial charge on any atom is -0.480 e. The van der Waals surface area contributed by atoms with Gasteiger partial charge in [0.05, 0.1) is 24.5 Å². The molecule has 0 aliphatic carbocycles. The van der Waals surface area contributed by atoms with Crippen molar-refractivity contribution in [1.82, 2.24) is 24.8 Å². The third-order valence-electron chi connectivity index (χ3n) is 6.08. The van der Waals surface area contributed by atoms with Crippen molar-refractivity contribution < 1.29 is 14.7 Å². The van der Waals surface area contributed by atoms with Gasteiger partial charge in [-0.3, -0.25) is 9.69 Å². The lowest BCUT2D eigenvalue weighted by molar-refractivity contribution is -0.138. The standard InChI is InChI=1S/C25H34N8O3/c1-32(2)22(34)17-33(12-4-3-7-20-9-8-19-6-5-11-27-23(19)30-20)13-10-21(24(35)36)31-25-28-15-18(14-26)16-29-25/h8-9,15-16,21H,3-7,10-13,17H2,1-2H3,(H,27,30)(H,35,36)(H,28,29,31)/t21-/m0/s1. The van der Waals surface area contributed by atoms with Gasteiger partial charge in [-0.25, -0.2) is 19.7 Å². The Bertz CT molecular complexity index is 1070. The molecule has 1 atom stereocenters. The summed E-state index contributed by atoms with van der Waals surface area (Å²) in [7, 11) is 3.42. The summed E-state index contributed by atoms with van der Waals surface area (Å²) in [4.78, 5) is 40.4. The van der Waals surface area contributed by atoms with Crippen molar-refractivity contribution in [2.75, 3.05) is 50.9 Å². The molecule has 2 aromatic rings. The van der Waals surface area contributed by atoms with Crippen molar-refractivity contribution in [1.29, 1.82) is 5.26 Å². The summed E-state index contributed by atoms with van der Waals surface area (Å²) in [5, 5.41) is 24.7. The van der Waals surface area contributed by atoms with E-state index < -0.39 is 12.0 Å². The van der Waals surface area contributed by atoms with Crippen LogP contribution < -0.4 is 10.6 Å². The fraction of sp³-hybridized carbons (Fsp3) is 0.520. The number of carboxylic acids is 1. The van der Waals surface area contributed by atoms with Gasteiger partial charge in [-0.15, -0.1) is 0 Å². The zero-order valence-electron chi connectivity index (χ0n) is 20.9. The number of nitrogens with one attached hydrogen (secondary N) is 2. The normalized spacial score (nSPS) is 13.3. The molecule has 0 spiro atoms. The number of carbonyl (C=O) groups is 2. The minimum absolute atomic E-state index is 0.0345. The lowest BCUT2D eigenvalue weighted by atomic mass is 10.1. The Kier molecular flexibility index (Phi) is 9.94. The van der Waals surface area contributed by atoms with Crippen LogP contribution in [0.3, 0.4) is 0 Å². The van der Waals surface area contributed by atoms with E-state index in [-0.39, 0.29) is 24.8 Å². The van der Waals surface area contributed by atoms with Crippen LogP contribution in [0.15, 0.2) is 24.5 Å². The molecular weight excluding hydrogens is 460 g/mol. The van der Waals surface area contributed by atoms with Gasteiger partial charge in [-0.1, -0.05) is 6.07 Å². The third kappa shape index (κ3) is 8.16. The number of aliphatic carboxylic acids is 1. The molecule has 36 heavy (non-hydrogen) atoms. The second kappa shape index (κ2) is 13.3. The number of carbonyl (C=O) groups excluding carboxylic acids is 1. The molecule has 3 heterocycles. The summed E-state index contributed by atoms with van der Waals surface area (Å²) in [6.45, 7) is 2.26. The first-order chi connectivity index (χ1) is 17.4. The first-order valence-electron chi connectivity index (χ1n) is 12.2. The molecule has 0 saturated carbocycles. The second-order valence-corrected chi connectivity index (χ2v) is 9.09. The van der Waals surface area contributed by atoms with E-state index >= 15 is 0 Å². The zero-order chi connectivity index (χ0) is 25.9. The maximum atomic E-state index is 12.4. The van der Waals surface area contributed by atoms with Gasteiger partial charge in [-0.2, -0.15) is 5.26 Å². The van der Waals surface area contributed by atoms with Crippen LogP contribution in [0, 0.1) is 11.3 Å². The summed E-state index contributed by atoms with van der Waals surface area (Å²) in [6.07, 6.45) is 7.75. The fourth-order valence-electron chi connectivity index (χ4n) is 3.94. The number of anilines is 2. The predicted octanol–water partition coefficient (Wildman–Crippen LogP) is 1.77. The van der Waals surface area contributed by atoms with Crippen LogP contribution in [-0.2, 0) is 22.4 Å². The largest absolute Gasteiger partial charge is 0.480 e. The summed E-state index contributed by atoms with van der Waals surface area (Å²) in [5.41, 5.74) is 2.62. The number of pyridine rings is 1. The van der Waals surface area contributed by atoms with Gasteiger partial charge in [0.2, 0.25) is 11.9 Å². The van der Waals surface area contributed by atoms with Crippen molar-refractivity contribution in [3.8, 4) is 6.07 Å². The second-order valence-electron chi connectivity index (χ2n) is 9.09. The zero-order valence-corrected chi connectivity index (χ0v) is 20.9. The topological polar surface area (TPSA) is 147 Å². The van der Waals surface area contributed by atoms with E-state index in [0.717, 1.165) is 50.2 Å². The molecule has 0 bridgehead atoms. The molecular formula is C25H34N8O3. The highest BCUT2D eigenvalue weighted by atomic mass is 16.4. The van der Waals surface area contributed by atoms with Gasteiger partial charge in [0.15, 0.2) is 0 Å². The Morgan fingerprint density at radius 1 is 1.22 bits per heavy atom. The number of aryl methyl sites for hydroxylation is 2. The van der Waals surface area contributed by atoms with E-state index in [1.165, 1.54) is 22.9 Å². The number of unbranched alkanes of at least 4 members (excludes halogenated alkanes) is 1. The number of aromatic nitrogens is 3. The highest BCUT2D eigenvalue weighted by Gasteiger charge is 2.21. The number of amides is 1. The van der Waals surface area contributed by atoms with Crippen molar-refractivity contribution in [3.63, 3.8) is 0 Å². The number of likely N-dealkylation sites (N-methyl/N-ethyl adjacent to an activating group) is 1. The molecule has 11 heteroatoms. The third-order valence-corrected chi connectivity index (χ3v) is 6.08. The minimum atomic E-state index is -1.03. The number of carboxylic acid groups (broad SMARTS) is 1. The van der Waals surface area contributed by atoms with Gasteiger partial charge in [-0.05, 0) is 56.7 Å². The number of hydrogen-bond donors (Lipinski definition) is 3. The van der Waals surface area contributed by atoms with Crippen LogP contribution >= 0.6 is 0 Å². The lowest BCUT2D eigenvalue weighted by Crippen LogP contribution is -2.40. The van der Waals surface area contributed by atoms with Gasteiger partial charge in [0.25, 0.3) is 0 Å². The number of nitrogens with zero attached hydrogens (tertiary/aromatic N) is 6. The molecule has 11 nitrogen and oxygen atoms in total. The Morgan fingerprint density at radius 2 is 2.00 bits per heavy atom. The molecule has 192 valence electrons. The molecule has 1 amide bonds. The van der Waals surface area contributed by atoms with E-state index in [2.05, 4.69) is 32.7 Å². The molecule has 1 aliphatic rings. The molecule has 3 rings (SSSR count). The smallest absolute Gasteiger partial charge is 0.326 e. The Balaban J connectivity index is 1.53. The van der Waals surface area contributed by atoms with Crippen molar-refractivity contribution in [3.05, 3.63) is 41.3 Å². The average Bonchev–Trinajstić information content (AvgIpc) is 2.88. The van der Waals surface area contributed by atoms with Crippen LogP contribution in [0.4, 0.5) is 11.8 Å². The molecule has 0 saturated heterocycles. The molecule has 0 radical (unpaired) electrons. The number of rotatable bonds is 13. The fourth-order valence-corrected chi connectivity index (χ4v) is 3.94. The number of hydrogen-bond acceptors (Lipinski definition) is 9. The average molecular weight is 495 g/mol. The van der Waals surface area contributed by atoms with E-state index in [0.29, 0.717) is 18.7 Å². The number of nitriles is 1. The lowest BCUT2D eigenvalue weighted by Gasteiger charge is -2.25. The van der Waals surface area contributed by atoms with Gasteiger partial charge >= 0.3 is 5.97 Å². The molecule has 3 N–H and O–H groups in total. The monoisotopic (exact) mass is 494 g/mol. The summed E-state index contributed by atoms with van der Waals surface area (Å²) < 4.78 is 0. The summed E-state index contributed by atoms with van der Waals surface area (Å²) in [5.74, 6) is 0.0707. The van der Waals surface area contributed by atoms with Crippen LogP contribution in [-0.4, -0.2) is 88.1 Å². The maximum absolute atomic E-state index is 12.4. The quantitative estimate of drug-likeness (QED) is 0.352. The SMILES string of the molecule is CN(C)C(=O)CN(CCCCc1ccc2c(n1)NCCC2)CC[C@H](Nc1ncc(C#N)cn1)C(=O)O. The molecule has 0 unspecified atom stereocenters. The highest BCUT2D eigenvalue weighted by Crippen LogP contribution is 2.20. The van der Waals surface area contributed by atoms with E-state index in [9.17, 15) is 14.7 Å². The van der Waals surface area contributed by atoms with Gasteiger partial charge < -0.3 is 20.6 Å². The van der Waals surface area contributed by atoms with E-state index in [4.69, 9.17) is 10.2 Å². The molecule has 1 aliphatic heterocycles. The summed E-state index contributed by atoms with van der Waals surface area (Å²) >= 11 is 0. The number of fused-ring (bicyclic) bond motifs is 1. The predicted molar refractivity (Wildman–Crippen MR) is 136 cm³/mol. The molecule has 0 fully saturated rings. The van der Waals surface area contributed by atoms with Crippen molar-refractivity contribution in [2.24, 2.45) is 0 Å². The first kappa shape index (κ1) is 26.8. The summed E-state index contributed by atoms with van der Waals surface area (Å²) in [6, 6.07) is 5.24. The Hall–Kier alpha value is -3.78. The van der Waals surface area contributed by atoms with Crippen LogP contribution in [0.2, 0.25) is 0 Å². The maximum Gasteiger partial charge on any atom is 0.326 e. The van der Waals surface area contributed by atoms with Crippen LogP contribution in [0.25, 0.3) is 0 Å². The van der Waals surface area contributed by atoms with Crippen molar-refractivity contribution >= 4 is 23.6 Å². The Labute approximate surface area is 211 Å².